The maximum atomic E-state index is 11.4. The molecule has 0 aliphatic rings. The van der Waals surface area contributed by atoms with Gasteiger partial charge in [0, 0.05) is 11.6 Å². The SMILES string of the molecule is CCCc1ccc(NS(=O)(=O)CCCl)cc1. The normalized spacial score (nSPS) is 11.4. The van der Waals surface area contributed by atoms with E-state index in [0.29, 0.717) is 5.69 Å². The molecular weight excluding hydrogens is 246 g/mol. The van der Waals surface area contributed by atoms with E-state index in [1.165, 1.54) is 5.56 Å². The zero-order chi connectivity index (χ0) is 12.0. The van der Waals surface area contributed by atoms with Crippen molar-refractivity contribution in [3.8, 4) is 0 Å². The first-order valence-electron chi connectivity index (χ1n) is 5.23. The van der Waals surface area contributed by atoms with Crippen LogP contribution in [0.5, 0.6) is 0 Å². The van der Waals surface area contributed by atoms with Gasteiger partial charge in [-0.3, -0.25) is 4.72 Å². The summed E-state index contributed by atoms with van der Waals surface area (Å²) in [4.78, 5) is 0. The van der Waals surface area contributed by atoms with Gasteiger partial charge in [-0.25, -0.2) is 8.42 Å². The molecule has 0 saturated heterocycles. The van der Waals surface area contributed by atoms with Crippen LogP contribution in [0.4, 0.5) is 5.69 Å². The Balaban J connectivity index is 2.68. The predicted molar refractivity (Wildman–Crippen MR) is 68.6 cm³/mol. The highest BCUT2D eigenvalue weighted by molar-refractivity contribution is 7.92. The van der Waals surface area contributed by atoms with Crippen LogP contribution in [0.3, 0.4) is 0 Å². The zero-order valence-electron chi connectivity index (χ0n) is 9.24. The summed E-state index contributed by atoms with van der Waals surface area (Å²) in [7, 11) is -3.29. The van der Waals surface area contributed by atoms with Gasteiger partial charge in [0.1, 0.15) is 0 Å². The van der Waals surface area contributed by atoms with Crippen molar-refractivity contribution < 1.29 is 8.42 Å². The van der Waals surface area contributed by atoms with Crippen LogP contribution < -0.4 is 4.72 Å². The summed E-state index contributed by atoms with van der Waals surface area (Å²) in [6.45, 7) is 2.11. The molecule has 0 aliphatic carbocycles. The van der Waals surface area contributed by atoms with Crippen LogP contribution in [0, 0.1) is 0 Å². The second-order valence-corrected chi connectivity index (χ2v) is 5.78. The molecule has 1 aromatic carbocycles. The molecule has 16 heavy (non-hydrogen) atoms. The molecule has 0 bridgehead atoms. The van der Waals surface area contributed by atoms with Crippen molar-refractivity contribution in [2.24, 2.45) is 0 Å². The van der Waals surface area contributed by atoms with E-state index < -0.39 is 10.0 Å². The molecule has 0 spiro atoms. The molecule has 90 valence electrons. The fourth-order valence-electron chi connectivity index (χ4n) is 1.36. The van der Waals surface area contributed by atoms with Gasteiger partial charge in [0.15, 0.2) is 0 Å². The first-order valence-corrected chi connectivity index (χ1v) is 7.41. The van der Waals surface area contributed by atoms with Crippen LogP contribution in [0.15, 0.2) is 24.3 Å². The van der Waals surface area contributed by atoms with E-state index in [1.807, 2.05) is 12.1 Å². The predicted octanol–water partition coefficient (Wildman–Crippen LogP) is 2.62. The van der Waals surface area contributed by atoms with Gasteiger partial charge < -0.3 is 0 Å². The molecule has 0 atom stereocenters. The molecule has 0 aromatic heterocycles. The summed E-state index contributed by atoms with van der Waals surface area (Å²) in [5.41, 5.74) is 1.80. The topological polar surface area (TPSA) is 46.2 Å². The van der Waals surface area contributed by atoms with Crippen LogP contribution in [0.2, 0.25) is 0 Å². The number of anilines is 1. The molecule has 0 aliphatic heterocycles. The first kappa shape index (κ1) is 13.3. The van der Waals surface area contributed by atoms with E-state index in [-0.39, 0.29) is 11.6 Å². The van der Waals surface area contributed by atoms with Crippen LogP contribution in [0.1, 0.15) is 18.9 Å². The fraction of sp³-hybridized carbons (Fsp3) is 0.455. The third-order valence-electron chi connectivity index (χ3n) is 2.11. The standard InChI is InChI=1S/C11H16ClNO2S/c1-2-3-10-4-6-11(7-5-10)13-16(14,15)9-8-12/h4-7,13H,2-3,8-9H2,1H3. The fourth-order valence-corrected chi connectivity index (χ4v) is 2.77. The molecule has 1 aromatic rings. The second kappa shape index (κ2) is 6.11. The molecule has 0 amide bonds. The van der Waals surface area contributed by atoms with Crippen molar-refractivity contribution in [3.05, 3.63) is 29.8 Å². The highest BCUT2D eigenvalue weighted by Gasteiger charge is 2.08. The highest BCUT2D eigenvalue weighted by atomic mass is 35.5. The molecule has 1 N–H and O–H groups in total. The van der Waals surface area contributed by atoms with Crippen LogP contribution in [0.25, 0.3) is 0 Å². The van der Waals surface area contributed by atoms with E-state index in [1.54, 1.807) is 12.1 Å². The Kier molecular flexibility index (Phi) is 5.09. The maximum absolute atomic E-state index is 11.4. The van der Waals surface area contributed by atoms with E-state index in [9.17, 15) is 8.42 Å². The summed E-state index contributed by atoms with van der Waals surface area (Å²) >= 11 is 5.40. The lowest BCUT2D eigenvalue weighted by molar-refractivity contribution is 0.602. The lowest BCUT2D eigenvalue weighted by Crippen LogP contribution is -2.17. The van der Waals surface area contributed by atoms with Gasteiger partial charge in [-0.05, 0) is 24.1 Å². The number of hydrogen-bond acceptors (Lipinski definition) is 2. The number of sulfonamides is 1. The highest BCUT2D eigenvalue weighted by Crippen LogP contribution is 2.12. The minimum absolute atomic E-state index is 0.0642. The molecular formula is C11H16ClNO2S. The van der Waals surface area contributed by atoms with E-state index in [2.05, 4.69) is 11.6 Å². The van der Waals surface area contributed by atoms with Crippen molar-refractivity contribution in [2.45, 2.75) is 19.8 Å². The molecule has 0 fully saturated rings. The van der Waals surface area contributed by atoms with Gasteiger partial charge in [-0.1, -0.05) is 25.5 Å². The van der Waals surface area contributed by atoms with Gasteiger partial charge >= 0.3 is 0 Å². The number of nitrogens with one attached hydrogen (secondary N) is 1. The van der Waals surface area contributed by atoms with Crippen LogP contribution in [-0.2, 0) is 16.4 Å². The van der Waals surface area contributed by atoms with E-state index >= 15 is 0 Å². The minimum Gasteiger partial charge on any atom is -0.284 e. The number of hydrogen-bond donors (Lipinski definition) is 1. The Morgan fingerprint density at radius 1 is 1.25 bits per heavy atom. The number of aryl methyl sites for hydroxylation is 1. The van der Waals surface area contributed by atoms with E-state index in [4.69, 9.17) is 11.6 Å². The van der Waals surface area contributed by atoms with Crippen LogP contribution >= 0.6 is 11.6 Å². The van der Waals surface area contributed by atoms with Gasteiger partial charge in [-0.2, -0.15) is 0 Å². The second-order valence-electron chi connectivity index (χ2n) is 3.56. The van der Waals surface area contributed by atoms with Crippen molar-refractivity contribution in [1.82, 2.24) is 0 Å². The molecule has 3 nitrogen and oxygen atoms in total. The monoisotopic (exact) mass is 261 g/mol. The third-order valence-corrected chi connectivity index (χ3v) is 3.81. The average Bonchev–Trinajstić information content (AvgIpc) is 2.21. The molecule has 0 heterocycles. The van der Waals surface area contributed by atoms with Gasteiger partial charge in [-0.15, -0.1) is 11.6 Å². The zero-order valence-corrected chi connectivity index (χ0v) is 10.8. The number of rotatable bonds is 6. The van der Waals surface area contributed by atoms with Crippen LogP contribution in [-0.4, -0.2) is 20.1 Å². The van der Waals surface area contributed by atoms with E-state index in [0.717, 1.165) is 12.8 Å². The molecule has 0 saturated carbocycles. The Labute approximate surface area is 102 Å². The molecule has 1 rings (SSSR count). The maximum Gasteiger partial charge on any atom is 0.233 e. The smallest absolute Gasteiger partial charge is 0.233 e. The lowest BCUT2D eigenvalue weighted by atomic mass is 10.1. The van der Waals surface area contributed by atoms with Crippen molar-refractivity contribution in [1.29, 1.82) is 0 Å². The minimum atomic E-state index is -3.29. The van der Waals surface area contributed by atoms with Gasteiger partial charge in [0.05, 0.1) is 5.75 Å². The average molecular weight is 262 g/mol. The first-order chi connectivity index (χ1) is 7.57. The lowest BCUT2D eigenvalue weighted by Gasteiger charge is -2.07. The number of alkyl halides is 1. The summed E-state index contributed by atoms with van der Waals surface area (Å²) in [5, 5.41) is 0. The summed E-state index contributed by atoms with van der Waals surface area (Å²) in [5.74, 6) is 0.0362. The van der Waals surface area contributed by atoms with Crippen molar-refractivity contribution >= 4 is 27.3 Å². The summed E-state index contributed by atoms with van der Waals surface area (Å²) < 4.78 is 25.3. The van der Waals surface area contributed by atoms with Crippen molar-refractivity contribution in [2.75, 3.05) is 16.4 Å². The summed E-state index contributed by atoms with van der Waals surface area (Å²) in [6.07, 6.45) is 2.09. The Bertz CT molecular complexity index is 414. The number of benzene rings is 1. The van der Waals surface area contributed by atoms with Crippen molar-refractivity contribution in [3.63, 3.8) is 0 Å². The third kappa shape index (κ3) is 4.41. The van der Waals surface area contributed by atoms with Gasteiger partial charge in [0.2, 0.25) is 10.0 Å². The largest absolute Gasteiger partial charge is 0.284 e. The summed E-state index contributed by atoms with van der Waals surface area (Å²) in [6, 6.07) is 7.41. The Hall–Kier alpha value is -0.740. The Morgan fingerprint density at radius 2 is 1.88 bits per heavy atom. The quantitative estimate of drug-likeness (QED) is 0.800. The number of halogens is 1. The Morgan fingerprint density at radius 3 is 2.38 bits per heavy atom. The van der Waals surface area contributed by atoms with Gasteiger partial charge in [0.25, 0.3) is 0 Å². The molecule has 0 unspecified atom stereocenters. The molecule has 5 heteroatoms. The molecule has 0 radical (unpaired) electrons.